The van der Waals surface area contributed by atoms with Gasteiger partial charge in [-0.2, -0.15) is 4.98 Å². The molecule has 0 spiro atoms. The van der Waals surface area contributed by atoms with Gasteiger partial charge in [0.1, 0.15) is 10.7 Å². The van der Waals surface area contributed by atoms with Gasteiger partial charge in [0.05, 0.1) is 10.7 Å². The second kappa shape index (κ2) is 7.07. The van der Waals surface area contributed by atoms with E-state index < -0.39 is 0 Å². The molecule has 27 heavy (non-hydrogen) atoms. The zero-order chi connectivity index (χ0) is 19.0. The second-order valence-electron chi connectivity index (χ2n) is 6.47. The molecule has 0 aliphatic carbocycles. The Kier molecular flexibility index (Phi) is 4.61. The minimum Gasteiger partial charge on any atom is -0.353 e. The fourth-order valence-corrected chi connectivity index (χ4v) is 4.02. The van der Waals surface area contributed by atoms with E-state index in [1.165, 1.54) is 11.3 Å². The lowest BCUT2D eigenvalue weighted by atomic mass is 10.2. The summed E-state index contributed by atoms with van der Waals surface area (Å²) < 4.78 is 5.01. The molecule has 1 aliphatic heterocycles. The highest BCUT2D eigenvalue weighted by atomic mass is 32.1. The molecule has 1 aliphatic rings. The minimum absolute atomic E-state index is 0.0773. The molecular weight excluding hydrogens is 364 g/mol. The normalized spacial score (nSPS) is 14.6. The van der Waals surface area contributed by atoms with E-state index in [0.717, 1.165) is 40.0 Å². The molecule has 4 heterocycles. The summed E-state index contributed by atoms with van der Waals surface area (Å²) in [4.78, 5) is 30.6. The molecule has 8 nitrogen and oxygen atoms in total. The Morgan fingerprint density at radius 2 is 1.89 bits per heavy atom. The van der Waals surface area contributed by atoms with Gasteiger partial charge in [-0.25, -0.2) is 9.97 Å². The Morgan fingerprint density at radius 3 is 2.44 bits per heavy atom. The minimum atomic E-state index is 0.0773. The number of hydrogen-bond donors (Lipinski definition) is 0. The Morgan fingerprint density at radius 1 is 1.11 bits per heavy atom. The van der Waals surface area contributed by atoms with Crippen LogP contribution < -0.4 is 4.90 Å². The summed E-state index contributed by atoms with van der Waals surface area (Å²) in [6.07, 6.45) is 1.75. The van der Waals surface area contributed by atoms with Gasteiger partial charge in [-0.3, -0.25) is 4.79 Å². The van der Waals surface area contributed by atoms with Gasteiger partial charge in [0.2, 0.25) is 11.7 Å². The number of piperazine rings is 1. The highest BCUT2D eigenvalue weighted by molar-refractivity contribution is 7.13. The van der Waals surface area contributed by atoms with Crippen LogP contribution in [0.25, 0.3) is 11.4 Å². The Hall–Kier alpha value is -2.81. The van der Waals surface area contributed by atoms with Crippen LogP contribution in [0.5, 0.6) is 0 Å². The lowest BCUT2D eigenvalue weighted by molar-refractivity contribution is 0.0750. The average Bonchev–Trinajstić information content (AvgIpc) is 3.26. The highest BCUT2D eigenvalue weighted by Crippen LogP contribution is 2.22. The molecule has 4 rings (SSSR count). The quantitative estimate of drug-likeness (QED) is 0.685. The lowest BCUT2D eigenvalue weighted by Gasteiger charge is -2.35. The molecule has 140 valence electrons. The first-order chi connectivity index (χ1) is 13.0. The van der Waals surface area contributed by atoms with Crippen LogP contribution in [-0.2, 0) is 0 Å². The molecule has 0 unspecified atom stereocenters. The van der Waals surface area contributed by atoms with Crippen LogP contribution in [0.15, 0.2) is 22.9 Å². The smallest absolute Gasteiger partial charge is 0.265 e. The number of nitrogens with zero attached hydrogens (tertiary/aromatic N) is 6. The van der Waals surface area contributed by atoms with E-state index in [9.17, 15) is 4.79 Å². The van der Waals surface area contributed by atoms with E-state index in [0.29, 0.717) is 24.8 Å². The van der Waals surface area contributed by atoms with Crippen LogP contribution in [0.3, 0.4) is 0 Å². The van der Waals surface area contributed by atoms with Crippen molar-refractivity contribution in [2.24, 2.45) is 0 Å². The number of amides is 1. The third-order valence-electron chi connectivity index (χ3n) is 4.52. The number of hydrogen-bond acceptors (Lipinski definition) is 8. The summed E-state index contributed by atoms with van der Waals surface area (Å²) in [7, 11) is 0. The fourth-order valence-electron chi connectivity index (χ4n) is 3.13. The maximum absolute atomic E-state index is 12.7. The predicted octanol–water partition coefficient (Wildman–Crippen LogP) is 2.48. The lowest BCUT2D eigenvalue weighted by Crippen LogP contribution is -2.49. The molecule has 0 radical (unpaired) electrons. The van der Waals surface area contributed by atoms with Crippen molar-refractivity contribution in [3.8, 4) is 11.4 Å². The van der Waals surface area contributed by atoms with Gasteiger partial charge in [0.15, 0.2) is 0 Å². The van der Waals surface area contributed by atoms with E-state index >= 15 is 0 Å². The van der Waals surface area contributed by atoms with Crippen molar-refractivity contribution in [3.05, 3.63) is 39.8 Å². The van der Waals surface area contributed by atoms with Crippen LogP contribution in [0.2, 0.25) is 0 Å². The summed E-state index contributed by atoms with van der Waals surface area (Å²) in [5.74, 6) is 2.03. The van der Waals surface area contributed by atoms with Crippen LogP contribution in [-0.4, -0.2) is 57.1 Å². The first kappa shape index (κ1) is 17.6. The Labute approximate surface area is 160 Å². The van der Waals surface area contributed by atoms with Crippen molar-refractivity contribution in [2.75, 3.05) is 31.1 Å². The summed E-state index contributed by atoms with van der Waals surface area (Å²) in [6.45, 7) is 8.41. The standard InChI is InChI=1S/C18H20N6O2S/c1-11-16(27-13(3)20-11)18(25)24-8-6-23(7-9-24)15-5-4-14(10-19-15)17-21-12(2)26-22-17/h4-5,10H,6-9H2,1-3H3. The highest BCUT2D eigenvalue weighted by Gasteiger charge is 2.25. The van der Waals surface area contributed by atoms with E-state index in [1.807, 2.05) is 30.9 Å². The molecule has 0 N–H and O–H groups in total. The van der Waals surface area contributed by atoms with E-state index in [2.05, 4.69) is 25.0 Å². The zero-order valence-electron chi connectivity index (χ0n) is 15.5. The molecule has 9 heteroatoms. The zero-order valence-corrected chi connectivity index (χ0v) is 16.3. The first-order valence-corrected chi connectivity index (χ1v) is 9.58. The SMILES string of the molecule is Cc1nc(-c2ccc(N3CCN(C(=O)c4sc(C)nc4C)CC3)nc2)no1. The maximum Gasteiger partial charge on any atom is 0.265 e. The number of anilines is 1. The number of carbonyl (C=O) groups excluding carboxylic acids is 1. The molecule has 1 fully saturated rings. The first-order valence-electron chi connectivity index (χ1n) is 8.76. The molecule has 1 amide bonds. The fraction of sp³-hybridized carbons (Fsp3) is 0.389. The third kappa shape index (κ3) is 3.55. The summed E-state index contributed by atoms with van der Waals surface area (Å²) in [5.41, 5.74) is 1.64. The van der Waals surface area contributed by atoms with E-state index in [4.69, 9.17) is 4.52 Å². The van der Waals surface area contributed by atoms with Crippen molar-refractivity contribution < 1.29 is 9.32 Å². The number of pyridine rings is 1. The van der Waals surface area contributed by atoms with Crippen molar-refractivity contribution in [3.63, 3.8) is 0 Å². The van der Waals surface area contributed by atoms with Crippen molar-refractivity contribution in [1.29, 1.82) is 0 Å². The van der Waals surface area contributed by atoms with Crippen molar-refractivity contribution in [2.45, 2.75) is 20.8 Å². The Bertz CT molecular complexity index is 957. The maximum atomic E-state index is 12.7. The summed E-state index contributed by atoms with van der Waals surface area (Å²) in [6, 6.07) is 3.89. The molecule has 1 saturated heterocycles. The average molecular weight is 384 g/mol. The molecule has 0 bridgehead atoms. The van der Waals surface area contributed by atoms with Crippen molar-refractivity contribution in [1.82, 2.24) is 25.0 Å². The van der Waals surface area contributed by atoms with Crippen LogP contribution >= 0.6 is 11.3 Å². The largest absolute Gasteiger partial charge is 0.353 e. The van der Waals surface area contributed by atoms with Crippen LogP contribution in [0.1, 0.15) is 26.3 Å². The van der Waals surface area contributed by atoms with Crippen LogP contribution in [0, 0.1) is 20.8 Å². The molecule has 3 aromatic rings. The topological polar surface area (TPSA) is 88.3 Å². The van der Waals surface area contributed by atoms with E-state index in [1.54, 1.807) is 13.1 Å². The van der Waals surface area contributed by atoms with Gasteiger partial charge in [0, 0.05) is 44.9 Å². The van der Waals surface area contributed by atoms with Gasteiger partial charge in [-0.1, -0.05) is 5.16 Å². The summed E-state index contributed by atoms with van der Waals surface area (Å²) in [5, 5.41) is 4.83. The summed E-state index contributed by atoms with van der Waals surface area (Å²) >= 11 is 1.47. The van der Waals surface area contributed by atoms with Gasteiger partial charge in [-0.05, 0) is 26.0 Å². The van der Waals surface area contributed by atoms with Gasteiger partial charge in [0.25, 0.3) is 5.91 Å². The Balaban J connectivity index is 1.40. The number of aromatic nitrogens is 4. The van der Waals surface area contributed by atoms with Gasteiger partial charge in [-0.15, -0.1) is 11.3 Å². The number of aryl methyl sites for hydroxylation is 3. The van der Waals surface area contributed by atoms with Gasteiger partial charge < -0.3 is 14.3 Å². The van der Waals surface area contributed by atoms with Gasteiger partial charge >= 0.3 is 0 Å². The number of thiazole rings is 1. The molecular formula is C18H20N6O2S. The molecule has 0 saturated carbocycles. The second-order valence-corrected chi connectivity index (χ2v) is 7.67. The molecule has 0 aromatic carbocycles. The number of carbonyl (C=O) groups is 1. The van der Waals surface area contributed by atoms with E-state index in [-0.39, 0.29) is 5.91 Å². The molecule has 0 atom stereocenters. The monoisotopic (exact) mass is 384 g/mol. The van der Waals surface area contributed by atoms with Crippen molar-refractivity contribution >= 4 is 23.1 Å². The molecule has 3 aromatic heterocycles. The number of rotatable bonds is 3. The predicted molar refractivity (Wildman–Crippen MR) is 102 cm³/mol. The van der Waals surface area contributed by atoms with Crippen LogP contribution in [0.4, 0.5) is 5.82 Å². The third-order valence-corrected chi connectivity index (χ3v) is 5.58.